The number of anilines is 3. The molecule has 2 aromatic carbocycles. The Morgan fingerprint density at radius 3 is 2.74 bits per heavy atom. The molecule has 0 fully saturated rings. The van der Waals surface area contributed by atoms with Crippen LogP contribution in [0.25, 0.3) is 22.2 Å². The van der Waals surface area contributed by atoms with Crippen LogP contribution in [-0.4, -0.2) is 35.2 Å². The van der Waals surface area contributed by atoms with Crippen LogP contribution in [0.15, 0.2) is 53.3 Å². The third-order valence-electron chi connectivity index (χ3n) is 5.13. The molecule has 0 aliphatic heterocycles. The van der Waals surface area contributed by atoms with Gasteiger partial charge in [-0.1, -0.05) is 18.2 Å². The van der Waals surface area contributed by atoms with E-state index in [-0.39, 0.29) is 17.2 Å². The number of methoxy groups -OCH3 is 1. The van der Waals surface area contributed by atoms with Crippen LogP contribution in [0, 0.1) is 0 Å². The van der Waals surface area contributed by atoms with Gasteiger partial charge in [-0.2, -0.15) is 13.2 Å². The Labute approximate surface area is 206 Å². The minimum Gasteiger partial charge on any atom is -0.453 e. The summed E-state index contributed by atoms with van der Waals surface area (Å²) in [6, 6.07) is 10.5. The van der Waals surface area contributed by atoms with E-state index in [4.69, 9.17) is 0 Å². The molecular formula is C23H20BrF3N6O2. The Kier molecular flexibility index (Phi) is 6.94. The Hall–Kier alpha value is -3.64. The highest BCUT2D eigenvalue weighted by molar-refractivity contribution is 9.10. The van der Waals surface area contributed by atoms with Crippen molar-refractivity contribution in [3.05, 3.63) is 64.4 Å². The van der Waals surface area contributed by atoms with E-state index in [1.54, 1.807) is 18.2 Å². The molecule has 0 unspecified atom stereocenters. The molecular weight excluding hydrogens is 529 g/mol. The lowest BCUT2D eigenvalue weighted by atomic mass is 10.1. The fourth-order valence-corrected chi connectivity index (χ4v) is 4.12. The summed E-state index contributed by atoms with van der Waals surface area (Å²) in [5.41, 5.74) is 1.47. The van der Waals surface area contributed by atoms with Crippen LogP contribution in [0.1, 0.15) is 11.1 Å². The van der Waals surface area contributed by atoms with Gasteiger partial charge in [0.25, 0.3) is 0 Å². The predicted octanol–water partition coefficient (Wildman–Crippen LogP) is 6.05. The zero-order chi connectivity index (χ0) is 25.2. The van der Waals surface area contributed by atoms with Gasteiger partial charge < -0.3 is 20.4 Å². The molecule has 0 aliphatic carbocycles. The summed E-state index contributed by atoms with van der Waals surface area (Å²) < 4.78 is 46.7. The van der Waals surface area contributed by atoms with Gasteiger partial charge in [0.15, 0.2) is 0 Å². The Balaban J connectivity index is 1.78. The number of alkyl halides is 3. The van der Waals surface area contributed by atoms with E-state index >= 15 is 0 Å². The number of aromatic amines is 1. The number of nitrogens with one attached hydrogen (secondary N) is 4. The third-order valence-corrected chi connectivity index (χ3v) is 5.95. The molecule has 4 rings (SSSR count). The van der Waals surface area contributed by atoms with E-state index in [0.29, 0.717) is 33.3 Å². The Morgan fingerprint density at radius 2 is 2.03 bits per heavy atom. The van der Waals surface area contributed by atoms with Crippen molar-refractivity contribution in [1.29, 1.82) is 0 Å². The molecule has 1 amide bonds. The summed E-state index contributed by atoms with van der Waals surface area (Å²) in [5.74, 6) is 0.0204. The summed E-state index contributed by atoms with van der Waals surface area (Å²) in [6.45, 7) is 0.631. The molecule has 182 valence electrons. The number of rotatable bonds is 6. The molecule has 8 nitrogen and oxygen atoms in total. The Morgan fingerprint density at radius 1 is 1.23 bits per heavy atom. The van der Waals surface area contributed by atoms with Gasteiger partial charge in [-0.3, -0.25) is 5.32 Å². The number of benzene rings is 2. The zero-order valence-corrected chi connectivity index (χ0v) is 20.1. The molecule has 0 saturated heterocycles. The molecule has 4 aromatic rings. The molecule has 0 spiro atoms. The van der Waals surface area contributed by atoms with Crippen molar-refractivity contribution in [3.8, 4) is 11.3 Å². The zero-order valence-electron chi connectivity index (χ0n) is 18.5. The fourth-order valence-electron chi connectivity index (χ4n) is 3.56. The van der Waals surface area contributed by atoms with Crippen molar-refractivity contribution < 1.29 is 22.7 Å². The van der Waals surface area contributed by atoms with E-state index in [9.17, 15) is 18.0 Å². The number of amides is 1. The molecule has 2 aromatic heterocycles. The molecule has 35 heavy (non-hydrogen) atoms. The quantitative estimate of drug-likeness (QED) is 0.234. The summed E-state index contributed by atoms with van der Waals surface area (Å²) in [5, 5.41) is 9.04. The van der Waals surface area contributed by atoms with E-state index in [2.05, 4.69) is 51.6 Å². The van der Waals surface area contributed by atoms with Gasteiger partial charge in [-0.25, -0.2) is 14.8 Å². The maximum absolute atomic E-state index is 13.9. The van der Waals surface area contributed by atoms with Crippen LogP contribution in [0.5, 0.6) is 0 Å². The number of halogens is 4. The van der Waals surface area contributed by atoms with Gasteiger partial charge in [0, 0.05) is 35.6 Å². The van der Waals surface area contributed by atoms with E-state index in [1.807, 2.05) is 25.2 Å². The first-order chi connectivity index (χ1) is 16.7. The lowest BCUT2D eigenvalue weighted by Crippen LogP contribution is -2.11. The molecule has 0 bridgehead atoms. The van der Waals surface area contributed by atoms with E-state index in [0.717, 1.165) is 11.8 Å². The average Bonchev–Trinajstić information content (AvgIpc) is 3.25. The van der Waals surface area contributed by atoms with Crippen molar-refractivity contribution in [2.75, 3.05) is 24.8 Å². The average molecular weight is 549 g/mol. The minimum atomic E-state index is -4.67. The lowest BCUT2D eigenvalue weighted by Gasteiger charge is -2.14. The highest BCUT2D eigenvalue weighted by atomic mass is 79.9. The van der Waals surface area contributed by atoms with Crippen LogP contribution in [0.4, 0.5) is 35.3 Å². The first-order valence-corrected chi connectivity index (χ1v) is 11.1. The maximum atomic E-state index is 13.9. The molecule has 0 atom stereocenters. The highest BCUT2D eigenvalue weighted by Crippen LogP contribution is 2.41. The number of nitrogens with zero attached hydrogens (tertiary/aromatic N) is 2. The number of H-pyrrole nitrogens is 1. The molecule has 0 aliphatic rings. The van der Waals surface area contributed by atoms with Gasteiger partial charge in [0.1, 0.15) is 5.56 Å². The molecule has 4 N–H and O–H groups in total. The fraction of sp³-hybridized carbons (Fsp3) is 0.174. The number of aromatic nitrogens is 3. The van der Waals surface area contributed by atoms with Crippen molar-refractivity contribution in [2.45, 2.75) is 12.7 Å². The molecule has 12 heteroatoms. The minimum absolute atomic E-state index is 0.0204. The summed E-state index contributed by atoms with van der Waals surface area (Å²) in [4.78, 5) is 22.7. The first kappa shape index (κ1) is 24.5. The normalized spacial score (nSPS) is 11.5. The van der Waals surface area contributed by atoms with E-state index in [1.165, 1.54) is 13.3 Å². The second-order valence-electron chi connectivity index (χ2n) is 7.48. The van der Waals surface area contributed by atoms with Crippen molar-refractivity contribution in [1.82, 2.24) is 20.3 Å². The first-order valence-electron chi connectivity index (χ1n) is 10.3. The smallest absolute Gasteiger partial charge is 0.419 e. The number of ether oxygens (including phenoxy) is 1. The van der Waals surface area contributed by atoms with E-state index < -0.39 is 17.8 Å². The SMILES string of the molecule is CNCc1cccc(Nc2ncc(C(F)(F)F)c(-c3c[nH]c4c(Br)c(NC(=O)OC)ccc34)n2)c1. The monoisotopic (exact) mass is 548 g/mol. The van der Waals surface area contributed by atoms with Crippen LogP contribution < -0.4 is 16.0 Å². The molecule has 0 radical (unpaired) electrons. The predicted molar refractivity (Wildman–Crippen MR) is 131 cm³/mol. The molecule has 2 heterocycles. The third kappa shape index (κ3) is 5.23. The standard InChI is InChI=1S/C23H20BrF3N6O2/c1-28-9-12-4-3-5-13(8-12)31-21-30-11-16(23(25,26)27)19(33-21)15-10-29-20-14(15)6-7-17(18(20)24)32-22(34)35-2/h3-8,10-11,28-29H,9H2,1-2H3,(H,32,34)(H,30,31,33). The van der Waals surface area contributed by atoms with Crippen LogP contribution in [0.2, 0.25) is 0 Å². The number of carbonyl (C=O) groups is 1. The second-order valence-corrected chi connectivity index (χ2v) is 8.27. The second kappa shape index (κ2) is 9.92. The van der Waals surface area contributed by atoms with Crippen LogP contribution in [0.3, 0.4) is 0 Å². The van der Waals surface area contributed by atoms with Gasteiger partial charge in [-0.05, 0) is 46.7 Å². The van der Waals surface area contributed by atoms with Gasteiger partial charge in [0.2, 0.25) is 5.95 Å². The van der Waals surface area contributed by atoms with Crippen molar-refractivity contribution >= 4 is 50.2 Å². The lowest BCUT2D eigenvalue weighted by molar-refractivity contribution is -0.137. The summed E-state index contributed by atoms with van der Waals surface area (Å²) >= 11 is 3.39. The number of hydrogen-bond donors (Lipinski definition) is 4. The number of fused-ring (bicyclic) bond motifs is 1. The molecule has 0 saturated carbocycles. The van der Waals surface area contributed by atoms with Crippen LogP contribution in [-0.2, 0) is 17.5 Å². The topological polar surface area (TPSA) is 104 Å². The Bertz CT molecular complexity index is 1390. The highest BCUT2D eigenvalue weighted by Gasteiger charge is 2.36. The van der Waals surface area contributed by atoms with Crippen molar-refractivity contribution in [3.63, 3.8) is 0 Å². The van der Waals surface area contributed by atoms with Gasteiger partial charge in [0.05, 0.1) is 28.5 Å². The number of hydrogen-bond acceptors (Lipinski definition) is 6. The van der Waals surface area contributed by atoms with Crippen molar-refractivity contribution in [2.24, 2.45) is 0 Å². The summed E-state index contributed by atoms with van der Waals surface area (Å²) in [6.07, 6.45) is -3.15. The largest absolute Gasteiger partial charge is 0.453 e. The van der Waals surface area contributed by atoms with Gasteiger partial charge >= 0.3 is 12.3 Å². The maximum Gasteiger partial charge on any atom is 0.419 e. The number of carbonyl (C=O) groups excluding carboxylic acids is 1. The van der Waals surface area contributed by atoms with Gasteiger partial charge in [-0.15, -0.1) is 0 Å². The summed E-state index contributed by atoms with van der Waals surface area (Å²) in [7, 11) is 3.05. The van der Waals surface area contributed by atoms with Crippen LogP contribution >= 0.6 is 15.9 Å².